The molecule has 0 aromatic heterocycles. The van der Waals surface area contributed by atoms with Gasteiger partial charge in [0.2, 0.25) is 5.91 Å². The first-order valence-electron chi connectivity index (χ1n) is 11.0. The van der Waals surface area contributed by atoms with Crippen molar-refractivity contribution in [3.05, 3.63) is 81.5 Å². The van der Waals surface area contributed by atoms with Gasteiger partial charge in [0.1, 0.15) is 28.7 Å². The van der Waals surface area contributed by atoms with Crippen molar-refractivity contribution in [1.82, 2.24) is 0 Å². The molecule has 0 atom stereocenters. The summed E-state index contributed by atoms with van der Waals surface area (Å²) in [5.74, 6) is -1.93. The molecular formula is C26H25NO7S. The summed E-state index contributed by atoms with van der Waals surface area (Å²) < 4.78 is 11.0. The number of aliphatic hydroxyl groups is 1. The summed E-state index contributed by atoms with van der Waals surface area (Å²) in [6.45, 7) is 3.80. The van der Waals surface area contributed by atoms with Gasteiger partial charge in [0.15, 0.2) is 0 Å². The number of ether oxygens (including phenoxy) is 2. The van der Waals surface area contributed by atoms with E-state index >= 15 is 0 Å². The average molecular weight is 496 g/mol. The first-order chi connectivity index (χ1) is 16.8. The Labute approximate surface area is 207 Å². The van der Waals surface area contributed by atoms with Crippen LogP contribution >= 0.6 is 11.8 Å². The number of carboxylic acid groups (broad SMARTS) is 1. The van der Waals surface area contributed by atoms with Crippen molar-refractivity contribution in [2.75, 3.05) is 6.61 Å². The SMILES string of the molecule is CCCC(=O)N=C1S/C(=C\c2ccccc2OCc2ccc(C(=O)O)cc2)C(O)=C1C(=O)OCC. The number of aromatic carboxylic acids is 1. The van der Waals surface area contributed by atoms with Gasteiger partial charge in [-0.15, -0.1) is 0 Å². The van der Waals surface area contributed by atoms with Crippen molar-refractivity contribution < 1.29 is 34.1 Å². The summed E-state index contributed by atoms with van der Waals surface area (Å²) in [5, 5.41) is 19.9. The van der Waals surface area contributed by atoms with Crippen molar-refractivity contribution in [2.24, 2.45) is 4.99 Å². The number of para-hydroxylation sites is 1. The fourth-order valence-corrected chi connectivity index (χ4v) is 4.17. The minimum absolute atomic E-state index is 0.0996. The van der Waals surface area contributed by atoms with E-state index in [0.29, 0.717) is 22.6 Å². The second kappa shape index (κ2) is 12.0. The Hall–Kier alpha value is -3.85. The number of carboxylic acids is 1. The molecule has 0 saturated carbocycles. The number of aliphatic imine (C=N–C) groups is 1. The van der Waals surface area contributed by atoms with Crippen molar-refractivity contribution in [1.29, 1.82) is 0 Å². The molecule has 0 unspecified atom stereocenters. The van der Waals surface area contributed by atoms with Gasteiger partial charge in [0, 0.05) is 12.0 Å². The molecule has 2 aromatic carbocycles. The summed E-state index contributed by atoms with van der Waals surface area (Å²) in [4.78, 5) is 39.9. The van der Waals surface area contributed by atoms with Gasteiger partial charge in [-0.25, -0.2) is 14.6 Å². The summed E-state index contributed by atoms with van der Waals surface area (Å²) in [6, 6.07) is 13.5. The number of amides is 1. The molecule has 3 rings (SSSR count). The molecule has 2 aromatic rings. The molecule has 182 valence electrons. The quantitative estimate of drug-likeness (QED) is 0.458. The summed E-state index contributed by atoms with van der Waals surface area (Å²) >= 11 is 1.01. The van der Waals surface area contributed by atoms with Crippen LogP contribution in [0.25, 0.3) is 6.08 Å². The molecule has 9 heteroatoms. The maximum atomic E-state index is 12.5. The van der Waals surface area contributed by atoms with Crippen LogP contribution in [0.3, 0.4) is 0 Å². The molecule has 0 fully saturated rings. The van der Waals surface area contributed by atoms with Crippen LogP contribution in [-0.4, -0.2) is 39.7 Å². The number of rotatable bonds is 9. The van der Waals surface area contributed by atoms with Crippen LogP contribution in [0.5, 0.6) is 5.75 Å². The van der Waals surface area contributed by atoms with Crippen LogP contribution in [0, 0.1) is 0 Å². The lowest BCUT2D eigenvalue weighted by atomic mass is 10.1. The van der Waals surface area contributed by atoms with Crippen LogP contribution in [-0.2, 0) is 20.9 Å². The van der Waals surface area contributed by atoms with E-state index < -0.39 is 11.9 Å². The minimum atomic E-state index is -1.00. The number of carbonyl (C=O) groups is 3. The van der Waals surface area contributed by atoms with Gasteiger partial charge in [-0.3, -0.25) is 4.79 Å². The van der Waals surface area contributed by atoms with Gasteiger partial charge in [0.25, 0.3) is 0 Å². The Bertz CT molecular complexity index is 1210. The van der Waals surface area contributed by atoms with Gasteiger partial charge in [0.05, 0.1) is 17.1 Å². The second-order valence-electron chi connectivity index (χ2n) is 7.44. The minimum Gasteiger partial charge on any atom is -0.506 e. The number of benzene rings is 2. The van der Waals surface area contributed by atoms with E-state index in [-0.39, 0.29) is 47.5 Å². The Morgan fingerprint density at radius 3 is 2.43 bits per heavy atom. The number of aliphatic hydroxyl groups excluding tert-OH is 1. The predicted octanol–water partition coefficient (Wildman–Crippen LogP) is 5.15. The Balaban J connectivity index is 1.88. The van der Waals surface area contributed by atoms with E-state index in [9.17, 15) is 19.5 Å². The first-order valence-corrected chi connectivity index (χ1v) is 11.8. The molecule has 1 amide bonds. The monoisotopic (exact) mass is 495 g/mol. The highest BCUT2D eigenvalue weighted by molar-refractivity contribution is 8.18. The molecule has 0 radical (unpaired) electrons. The second-order valence-corrected chi connectivity index (χ2v) is 8.47. The summed E-state index contributed by atoms with van der Waals surface area (Å²) in [5.41, 5.74) is 1.47. The number of hydrogen-bond acceptors (Lipinski definition) is 7. The topological polar surface area (TPSA) is 122 Å². The Morgan fingerprint density at radius 2 is 1.77 bits per heavy atom. The van der Waals surface area contributed by atoms with E-state index in [1.807, 2.05) is 6.92 Å². The molecule has 0 bridgehead atoms. The third kappa shape index (κ3) is 6.60. The molecule has 0 aliphatic carbocycles. The number of esters is 1. The van der Waals surface area contributed by atoms with E-state index in [1.54, 1.807) is 49.4 Å². The molecule has 0 spiro atoms. The van der Waals surface area contributed by atoms with Gasteiger partial charge in [-0.05, 0) is 43.2 Å². The predicted molar refractivity (Wildman–Crippen MR) is 133 cm³/mol. The van der Waals surface area contributed by atoms with Crippen LogP contribution in [0.2, 0.25) is 0 Å². The van der Waals surface area contributed by atoms with Crippen LogP contribution in [0.1, 0.15) is 48.2 Å². The third-order valence-electron chi connectivity index (χ3n) is 4.86. The highest BCUT2D eigenvalue weighted by Crippen LogP contribution is 2.40. The molecule has 8 nitrogen and oxygen atoms in total. The van der Waals surface area contributed by atoms with Crippen molar-refractivity contribution in [2.45, 2.75) is 33.3 Å². The van der Waals surface area contributed by atoms with Gasteiger partial charge in [-0.1, -0.05) is 49.0 Å². The average Bonchev–Trinajstić information content (AvgIpc) is 3.13. The smallest absolute Gasteiger partial charge is 0.344 e. The zero-order valence-electron chi connectivity index (χ0n) is 19.3. The molecule has 1 aliphatic heterocycles. The number of hydrogen-bond donors (Lipinski definition) is 2. The summed E-state index contributed by atoms with van der Waals surface area (Å²) in [6.07, 6.45) is 2.48. The van der Waals surface area contributed by atoms with E-state index in [4.69, 9.17) is 14.6 Å². The third-order valence-corrected chi connectivity index (χ3v) is 5.88. The molecule has 1 heterocycles. The molecule has 35 heavy (non-hydrogen) atoms. The lowest BCUT2D eigenvalue weighted by Crippen LogP contribution is -2.14. The maximum absolute atomic E-state index is 12.5. The van der Waals surface area contributed by atoms with Gasteiger partial charge >= 0.3 is 11.9 Å². The standard InChI is InChI=1S/C26H25NO7S/c1-3-7-21(28)27-24-22(26(32)33-4-2)23(29)20(35-24)14-18-8-5-6-9-19(18)34-15-16-10-12-17(13-11-16)25(30)31/h5-6,8-14,29H,3-4,7,15H2,1-2H3,(H,30,31)/b20-14-,27-24?. The molecular weight excluding hydrogens is 470 g/mol. The lowest BCUT2D eigenvalue weighted by Gasteiger charge is -2.10. The highest BCUT2D eigenvalue weighted by Gasteiger charge is 2.33. The number of thioether (sulfide) groups is 1. The molecule has 0 saturated heterocycles. The lowest BCUT2D eigenvalue weighted by molar-refractivity contribution is -0.138. The van der Waals surface area contributed by atoms with Crippen molar-refractivity contribution >= 4 is 40.7 Å². The fourth-order valence-electron chi connectivity index (χ4n) is 3.15. The summed E-state index contributed by atoms with van der Waals surface area (Å²) in [7, 11) is 0. The van der Waals surface area contributed by atoms with Crippen LogP contribution < -0.4 is 4.74 Å². The van der Waals surface area contributed by atoms with Crippen molar-refractivity contribution in [3.63, 3.8) is 0 Å². The highest BCUT2D eigenvalue weighted by atomic mass is 32.2. The van der Waals surface area contributed by atoms with Crippen molar-refractivity contribution in [3.8, 4) is 5.75 Å². The normalized spacial score (nSPS) is 15.5. The zero-order chi connectivity index (χ0) is 25.4. The van der Waals surface area contributed by atoms with Gasteiger partial charge in [-0.2, -0.15) is 0 Å². The first kappa shape index (κ1) is 25.8. The Kier molecular flexibility index (Phi) is 8.86. The Morgan fingerprint density at radius 1 is 1.06 bits per heavy atom. The largest absolute Gasteiger partial charge is 0.506 e. The zero-order valence-corrected chi connectivity index (χ0v) is 20.1. The molecule has 2 N–H and O–H groups in total. The van der Waals surface area contributed by atoms with Crippen LogP contribution in [0.4, 0.5) is 0 Å². The van der Waals surface area contributed by atoms with Crippen LogP contribution in [0.15, 0.2) is 69.8 Å². The number of nitrogens with zero attached hydrogens (tertiary/aromatic N) is 1. The van der Waals surface area contributed by atoms with Gasteiger partial charge < -0.3 is 19.7 Å². The van der Waals surface area contributed by atoms with E-state index in [2.05, 4.69) is 4.99 Å². The molecule has 1 aliphatic rings. The van der Waals surface area contributed by atoms with E-state index in [0.717, 1.165) is 17.3 Å². The fraction of sp³-hybridized carbons (Fsp3) is 0.231. The number of carbonyl (C=O) groups excluding carboxylic acids is 2. The maximum Gasteiger partial charge on any atom is 0.344 e. The van der Waals surface area contributed by atoms with E-state index in [1.165, 1.54) is 12.1 Å².